The first-order valence-electron chi connectivity index (χ1n) is 7.10. The molecule has 1 heterocycles. The van der Waals surface area contributed by atoms with E-state index in [1.165, 1.54) is 12.1 Å². The van der Waals surface area contributed by atoms with Crippen molar-refractivity contribution in [1.29, 1.82) is 0 Å². The van der Waals surface area contributed by atoms with Crippen LogP contribution in [0.5, 0.6) is 11.5 Å². The topological polar surface area (TPSA) is 65.5 Å². The number of benzene rings is 1. The summed E-state index contributed by atoms with van der Waals surface area (Å²) in [5, 5.41) is 0. The SMILES string of the molecule is CC.CC.COS(=O)(=O)c1ccc(Oc2cccnc2)cc1. The summed E-state index contributed by atoms with van der Waals surface area (Å²) in [5.41, 5.74) is 0. The summed E-state index contributed by atoms with van der Waals surface area (Å²) in [6.45, 7) is 8.00. The van der Waals surface area contributed by atoms with E-state index in [0.29, 0.717) is 11.5 Å². The molecule has 1 aromatic carbocycles. The fourth-order valence-corrected chi connectivity index (χ4v) is 1.98. The molecule has 0 saturated carbocycles. The first kappa shape index (κ1) is 20.1. The zero-order valence-corrected chi connectivity index (χ0v) is 14.4. The number of hydrogen-bond acceptors (Lipinski definition) is 5. The Hall–Kier alpha value is -1.92. The highest BCUT2D eigenvalue weighted by atomic mass is 32.2. The van der Waals surface area contributed by atoms with E-state index in [1.807, 2.05) is 27.7 Å². The normalized spacial score (nSPS) is 9.68. The molecular formula is C16H23NO4S. The molecule has 22 heavy (non-hydrogen) atoms. The van der Waals surface area contributed by atoms with Gasteiger partial charge < -0.3 is 4.74 Å². The third kappa shape index (κ3) is 6.24. The van der Waals surface area contributed by atoms with Gasteiger partial charge >= 0.3 is 0 Å². The van der Waals surface area contributed by atoms with Crippen molar-refractivity contribution in [1.82, 2.24) is 4.98 Å². The highest BCUT2D eigenvalue weighted by molar-refractivity contribution is 7.86. The van der Waals surface area contributed by atoms with Crippen molar-refractivity contribution in [2.24, 2.45) is 0 Å². The molecule has 2 aromatic rings. The molecule has 0 aliphatic heterocycles. The maximum absolute atomic E-state index is 11.4. The van der Waals surface area contributed by atoms with Crippen LogP contribution in [0.1, 0.15) is 27.7 Å². The van der Waals surface area contributed by atoms with E-state index in [0.717, 1.165) is 7.11 Å². The average Bonchev–Trinajstić information content (AvgIpc) is 2.60. The Balaban J connectivity index is 0.00000102. The van der Waals surface area contributed by atoms with Crippen molar-refractivity contribution in [3.8, 4) is 11.5 Å². The van der Waals surface area contributed by atoms with E-state index in [9.17, 15) is 8.42 Å². The van der Waals surface area contributed by atoms with E-state index in [-0.39, 0.29) is 4.90 Å². The summed E-state index contributed by atoms with van der Waals surface area (Å²) in [6.07, 6.45) is 3.21. The molecule has 5 nitrogen and oxygen atoms in total. The molecule has 0 bridgehead atoms. The second-order valence-corrected chi connectivity index (χ2v) is 5.10. The van der Waals surface area contributed by atoms with Crippen LogP contribution in [0.25, 0.3) is 0 Å². The van der Waals surface area contributed by atoms with Crippen molar-refractivity contribution in [3.05, 3.63) is 48.8 Å². The summed E-state index contributed by atoms with van der Waals surface area (Å²) in [4.78, 5) is 4.00. The third-order valence-corrected chi connectivity index (χ3v) is 3.49. The predicted octanol–water partition coefficient (Wildman–Crippen LogP) is 4.26. The smallest absolute Gasteiger partial charge is 0.296 e. The molecule has 0 aliphatic carbocycles. The van der Waals surface area contributed by atoms with Gasteiger partial charge in [-0.15, -0.1) is 0 Å². The number of rotatable bonds is 4. The van der Waals surface area contributed by atoms with Crippen LogP contribution in [0, 0.1) is 0 Å². The lowest BCUT2D eigenvalue weighted by molar-refractivity contribution is 0.397. The number of pyridine rings is 1. The molecule has 0 saturated heterocycles. The standard InChI is InChI=1S/C12H11NO4S.2C2H6/c1-16-18(14,15)12-6-4-10(5-7-12)17-11-3-2-8-13-9-11;2*1-2/h2-9H,1H3;2*1-2H3. The number of aromatic nitrogens is 1. The summed E-state index contributed by atoms with van der Waals surface area (Å²) >= 11 is 0. The van der Waals surface area contributed by atoms with E-state index >= 15 is 0 Å². The Bertz CT molecular complexity index is 610. The number of hydrogen-bond donors (Lipinski definition) is 0. The quantitative estimate of drug-likeness (QED) is 0.786. The lowest BCUT2D eigenvalue weighted by Gasteiger charge is -2.06. The van der Waals surface area contributed by atoms with Gasteiger partial charge in [-0.05, 0) is 36.4 Å². The van der Waals surface area contributed by atoms with Crippen LogP contribution in [0.15, 0.2) is 53.7 Å². The van der Waals surface area contributed by atoms with Gasteiger partial charge in [-0.3, -0.25) is 9.17 Å². The van der Waals surface area contributed by atoms with Crippen LogP contribution >= 0.6 is 0 Å². The summed E-state index contributed by atoms with van der Waals surface area (Å²) in [6, 6.07) is 9.46. The van der Waals surface area contributed by atoms with Gasteiger partial charge in [-0.25, -0.2) is 0 Å². The van der Waals surface area contributed by atoms with Gasteiger partial charge in [0.05, 0.1) is 18.2 Å². The number of ether oxygens (including phenoxy) is 1. The zero-order valence-electron chi connectivity index (χ0n) is 13.6. The van der Waals surface area contributed by atoms with Crippen LogP contribution in [-0.4, -0.2) is 20.5 Å². The summed E-state index contributed by atoms with van der Waals surface area (Å²) in [7, 11) is -2.54. The Morgan fingerprint density at radius 1 is 0.909 bits per heavy atom. The molecule has 0 spiro atoms. The molecule has 1 aromatic heterocycles. The molecule has 0 unspecified atom stereocenters. The zero-order chi connectivity index (χ0) is 17.0. The van der Waals surface area contributed by atoms with E-state index in [1.54, 1.807) is 36.7 Å². The van der Waals surface area contributed by atoms with Crippen LogP contribution in [-0.2, 0) is 14.3 Å². The minimum absolute atomic E-state index is 0.0866. The van der Waals surface area contributed by atoms with E-state index < -0.39 is 10.1 Å². The Kier molecular flexibility index (Phi) is 9.82. The lowest BCUT2D eigenvalue weighted by atomic mass is 10.3. The monoisotopic (exact) mass is 325 g/mol. The Morgan fingerprint density at radius 3 is 1.95 bits per heavy atom. The van der Waals surface area contributed by atoms with Gasteiger partial charge in [-0.2, -0.15) is 8.42 Å². The van der Waals surface area contributed by atoms with Crippen molar-refractivity contribution >= 4 is 10.1 Å². The minimum atomic E-state index is -3.66. The molecule has 0 N–H and O–H groups in total. The van der Waals surface area contributed by atoms with Crippen molar-refractivity contribution in [3.63, 3.8) is 0 Å². The molecule has 0 aliphatic rings. The van der Waals surface area contributed by atoms with Crippen LogP contribution < -0.4 is 4.74 Å². The van der Waals surface area contributed by atoms with Crippen LogP contribution in [0.4, 0.5) is 0 Å². The highest BCUT2D eigenvalue weighted by Gasteiger charge is 2.12. The van der Waals surface area contributed by atoms with Crippen LogP contribution in [0.2, 0.25) is 0 Å². The molecule has 0 atom stereocenters. The first-order chi connectivity index (χ1) is 10.6. The average molecular weight is 325 g/mol. The Morgan fingerprint density at radius 2 is 1.50 bits per heavy atom. The summed E-state index contributed by atoms with van der Waals surface area (Å²) in [5.74, 6) is 1.11. The van der Waals surface area contributed by atoms with Gasteiger partial charge in [0.15, 0.2) is 0 Å². The highest BCUT2D eigenvalue weighted by Crippen LogP contribution is 2.22. The van der Waals surface area contributed by atoms with Gasteiger partial charge in [0.1, 0.15) is 11.5 Å². The van der Waals surface area contributed by atoms with Crippen molar-refractivity contribution < 1.29 is 17.3 Å². The van der Waals surface area contributed by atoms with Crippen LogP contribution in [0.3, 0.4) is 0 Å². The molecule has 2 rings (SSSR count). The molecule has 0 fully saturated rings. The maximum atomic E-state index is 11.4. The first-order valence-corrected chi connectivity index (χ1v) is 8.51. The summed E-state index contributed by atoms with van der Waals surface area (Å²) < 4.78 is 32.7. The second-order valence-electron chi connectivity index (χ2n) is 3.38. The predicted molar refractivity (Wildman–Crippen MR) is 87.6 cm³/mol. The minimum Gasteiger partial charge on any atom is -0.456 e. The van der Waals surface area contributed by atoms with Gasteiger partial charge in [0, 0.05) is 6.20 Å². The molecular weight excluding hydrogens is 302 g/mol. The molecule has 122 valence electrons. The van der Waals surface area contributed by atoms with E-state index in [2.05, 4.69) is 9.17 Å². The Labute approximate surface area is 133 Å². The fraction of sp³-hybridized carbons (Fsp3) is 0.312. The molecule has 0 radical (unpaired) electrons. The van der Waals surface area contributed by atoms with Crippen molar-refractivity contribution in [2.45, 2.75) is 32.6 Å². The lowest BCUT2D eigenvalue weighted by Crippen LogP contribution is -2.02. The largest absolute Gasteiger partial charge is 0.456 e. The fourth-order valence-electron chi connectivity index (χ4n) is 1.31. The van der Waals surface area contributed by atoms with E-state index in [4.69, 9.17) is 4.74 Å². The van der Waals surface area contributed by atoms with Gasteiger partial charge in [0.2, 0.25) is 0 Å². The second kappa shape index (κ2) is 10.8. The molecule has 6 heteroatoms. The maximum Gasteiger partial charge on any atom is 0.296 e. The van der Waals surface area contributed by atoms with Gasteiger partial charge in [-0.1, -0.05) is 27.7 Å². The molecule has 0 amide bonds. The van der Waals surface area contributed by atoms with Gasteiger partial charge in [0.25, 0.3) is 10.1 Å². The van der Waals surface area contributed by atoms with Crippen molar-refractivity contribution in [2.75, 3.05) is 7.11 Å². The third-order valence-electron chi connectivity index (χ3n) is 2.20. The number of nitrogens with zero attached hydrogens (tertiary/aromatic N) is 1.